The summed E-state index contributed by atoms with van der Waals surface area (Å²) in [6.07, 6.45) is 2.25. The first-order valence-electron chi connectivity index (χ1n) is 7.94. The van der Waals surface area contributed by atoms with Crippen molar-refractivity contribution in [2.75, 3.05) is 19.6 Å². The molecule has 0 spiro atoms. The number of carbonyl (C=O) groups is 2. The van der Waals surface area contributed by atoms with Gasteiger partial charge in [-0.15, -0.1) is 5.10 Å². The summed E-state index contributed by atoms with van der Waals surface area (Å²) in [7, 11) is 0. The third-order valence-electron chi connectivity index (χ3n) is 3.49. The molecular weight excluding hydrogens is 298 g/mol. The van der Waals surface area contributed by atoms with E-state index in [-0.39, 0.29) is 17.9 Å². The highest BCUT2D eigenvalue weighted by Crippen LogP contribution is 2.20. The van der Waals surface area contributed by atoms with Crippen LogP contribution in [0.5, 0.6) is 0 Å². The minimum absolute atomic E-state index is 0.222. The molecule has 23 heavy (non-hydrogen) atoms. The standard InChI is InChI=1S/C15H25N5O3/c1-5-16-13(21)12-10-20(18-17-12)9-11-6-7-19(8-11)14(22)23-15(2,3)4/h10-11H,5-9H2,1-4H3,(H,16,21). The summed E-state index contributed by atoms with van der Waals surface area (Å²) in [5, 5.41) is 10.5. The number of ether oxygens (including phenoxy) is 1. The van der Waals surface area contributed by atoms with Crippen molar-refractivity contribution < 1.29 is 14.3 Å². The monoisotopic (exact) mass is 323 g/mol. The highest BCUT2D eigenvalue weighted by Gasteiger charge is 2.30. The molecule has 1 unspecified atom stereocenters. The van der Waals surface area contributed by atoms with E-state index in [0.29, 0.717) is 31.9 Å². The largest absolute Gasteiger partial charge is 0.444 e. The lowest BCUT2D eigenvalue weighted by molar-refractivity contribution is 0.0286. The minimum atomic E-state index is -0.484. The molecule has 2 rings (SSSR count). The minimum Gasteiger partial charge on any atom is -0.444 e. The van der Waals surface area contributed by atoms with Crippen molar-refractivity contribution >= 4 is 12.0 Å². The van der Waals surface area contributed by atoms with Gasteiger partial charge in [-0.1, -0.05) is 5.21 Å². The maximum absolute atomic E-state index is 12.0. The Bertz CT molecular complexity index is 564. The molecule has 1 aliphatic rings. The molecule has 0 saturated carbocycles. The van der Waals surface area contributed by atoms with Crippen LogP contribution >= 0.6 is 0 Å². The average molecular weight is 323 g/mol. The molecule has 0 radical (unpaired) electrons. The van der Waals surface area contributed by atoms with Gasteiger partial charge in [0, 0.05) is 26.2 Å². The zero-order valence-corrected chi connectivity index (χ0v) is 14.2. The highest BCUT2D eigenvalue weighted by atomic mass is 16.6. The Hall–Kier alpha value is -2.12. The predicted octanol–water partition coefficient (Wildman–Crippen LogP) is 1.28. The van der Waals surface area contributed by atoms with Crippen molar-refractivity contribution in [2.45, 2.75) is 46.3 Å². The Labute approximate surface area is 136 Å². The van der Waals surface area contributed by atoms with Gasteiger partial charge in [-0.05, 0) is 40.0 Å². The summed E-state index contributed by atoms with van der Waals surface area (Å²) < 4.78 is 7.04. The van der Waals surface area contributed by atoms with E-state index in [0.717, 1.165) is 6.42 Å². The van der Waals surface area contributed by atoms with Gasteiger partial charge < -0.3 is 15.0 Å². The van der Waals surface area contributed by atoms with Gasteiger partial charge in [-0.25, -0.2) is 4.79 Å². The number of nitrogens with zero attached hydrogens (tertiary/aromatic N) is 4. The number of nitrogens with one attached hydrogen (secondary N) is 1. The van der Waals surface area contributed by atoms with Gasteiger partial charge in [0.25, 0.3) is 5.91 Å². The summed E-state index contributed by atoms with van der Waals surface area (Å²) in [6, 6.07) is 0. The molecule has 0 aliphatic carbocycles. The van der Waals surface area contributed by atoms with Crippen LogP contribution in [0.4, 0.5) is 4.79 Å². The molecule has 8 heteroatoms. The molecule has 1 aromatic rings. The zero-order valence-electron chi connectivity index (χ0n) is 14.2. The second-order valence-electron chi connectivity index (χ2n) is 6.77. The number of amides is 2. The summed E-state index contributed by atoms with van der Waals surface area (Å²) in [5.41, 5.74) is -0.170. The molecule has 1 fully saturated rings. The number of hydrogen-bond acceptors (Lipinski definition) is 5. The molecule has 128 valence electrons. The molecule has 0 aromatic carbocycles. The molecule has 1 N–H and O–H groups in total. The van der Waals surface area contributed by atoms with Gasteiger partial charge in [0.05, 0.1) is 6.20 Å². The highest BCUT2D eigenvalue weighted by molar-refractivity contribution is 5.91. The topological polar surface area (TPSA) is 89.4 Å². The zero-order chi connectivity index (χ0) is 17.0. The van der Waals surface area contributed by atoms with E-state index in [1.165, 1.54) is 0 Å². The van der Waals surface area contributed by atoms with Crippen molar-refractivity contribution in [3.8, 4) is 0 Å². The van der Waals surface area contributed by atoms with Gasteiger partial charge in [0.2, 0.25) is 0 Å². The number of rotatable bonds is 4. The third-order valence-corrected chi connectivity index (χ3v) is 3.49. The van der Waals surface area contributed by atoms with E-state index in [2.05, 4.69) is 15.6 Å². The van der Waals surface area contributed by atoms with E-state index < -0.39 is 5.60 Å². The molecule has 2 amide bonds. The summed E-state index contributed by atoms with van der Waals surface area (Å²) in [6.45, 7) is 9.92. The van der Waals surface area contributed by atoms with Crippen molar-refractivity contribution in [1.29, 1.82) is 0 Å². The van der Waals surface area contributed by atoms with Crippen molar-refractivity contribution in [1.82, 2.24) is 25.2 Å². The molecule has 1 atom stereocenters. The second kappa shape index (κ2) is 6.97. The fourth-order valence-electron chi connectivity index (χ4n) is 2.48. The smallest absolute Gasteiger partial charge is 0.410 e. The number of likely N-dealkylation sites (tertiary alicyclic amines) is 1. The van der Waals surface area contributed by atoms with Crippen LogP contribution in [0.2, 0.25) is 0 Å². The SMILES string of the molecule is CCNC(=O)c1cn(CC2CCN(C(=O)OC(C)(C)C)C2)nn1. The maximum atomic E-state index is 12.0. The lowest BCUT2D eigenvalue weighted by Crippen LogP contribution is -2.35. The Morgan fingerprint density at radius 1 is 1.43 bits per heavy atom. The van der Waals surface area contributed by atoms with Crippen LogP contribution in [0, 0.1) is 5.92 Å². The lowest BCUT2D eigenvalue weighted by atomic mass is 10.1. The number of carbonyl (C=O) groups excluding carboxylic acids is 2. The molecule has 1 saturated heterocycles. The van der Waals surface area contributed by atoms with Gasteiger partial charge >= 0.3 is 6.09 Å². The van der Waals surface area contributed by atoms with Crippen LogP contribution in [-0.2, 0) is 11.3 Å². The first kappa shape index (κ1) is 17.2. The number of hydrogen-bond donors (Lipinski definition) is 1. The summed E-state index contributed by atoms with van der Waals surface area (Å²) in [4.78, 5) is 25.4. The quantitative estimate of drug-likeness (QED) is 0.901. The van der Waals surface area contributed by atoms with Crippen LogP contribution in [0.15, 0.2) is 6.20 Å². The van der Waals surface area contributed by atoms with Crippen LogP contribution < -0.4 is 5.32 Å². The first-order valence-corrected chi connectivity index (χ1v) is 7.94. The third kappa shape index (κ3) is 4.94. The lowest BCUT2D eigenvalue weighted by Gasteiger charge is -2.24. The number of aromatic nitrogens is 3. The first-order chi connectivity index (χ1) is 10.8. The molecule has 1 aromatic heterocycles. The normalized spacial score (nSPS) is 18.1. The van der Waals surface area contributed by atoms with Crippen molar-refractivity contribution in [3.05, 3.63) is 11.9 Å². The van der Waals surface area contributed by atoms with Crippen molar-refractivity contribution in [2.24, 2.45) is 5.92 Å². The average Bonchev–Trinajstić information content (AvgIpc) is 3.07. The molecule has 0 bridgehead atoms. The van der Waals surface area contributed by atoms with Crippen LogP contribution in [0.1, 0.15) is 44.6 Å². The van der Waals surface area contributed by atoms with E-state index in [1.54, 1.807) is 15.8 Å². The summed E-state index contributed by atoms with van der Waals surface area (Å²) >= 11 is 0. The fraction of sp³-hybridized carbons (Fsp3) is 0.733. The van der Waals surface area contributed by atoms with E-state index in [9.17, 15) is 9.59 Å². The van der Waals surface area contributed by atoms with E-state index in [1.807, 2.05) is 27.7 Å². The molecule has 1 aliphatic heterocycles. The van der Waals surface area contributed by atoms with Crippen LogP contribution in [-0.4, -0.2) is 57.1 Å². The predicted molar refractivity (Wildman–Crippen MR) is 83.9 cm³/mol. The van der Waals surface area contributed by atoms with E-state index >= 15 is 0 Å². The van der Waals surface area contributed by atoms with Crippen molar-refractivity contribution in [3.63, 3.8) is 0 Å². The Balaban J connectivity index is 1.86. The Kier molecular flexibility index (Phi) is 5.23. The fourth-order valence-corrected chi connectivity index (χ4v) is 2.48. The Morgan fingerprint density at radius 3 is 2.83 bits per heavy atom. The van der Waals surface area contributed by atoms with Gasteiger partial charge in [0.15, 0.2) is 5.69 Å². The van der Waals surface area contributed by atoms with Gasteiger partial charge in [-0.2, -0.15) is 0 Å². The van der Waals surface area contributed by atoms with Crippen LogP contribution in [0.25, 0.3) is 0 Å². The van der Waals surface area contributed by atoms with Crippen LogP contribution in [0.3, 0.4) is 0 Å². The Morgan fingerprint density at radius 2 is 2.17 bits per heavy atom. The summed E-state index contributed by atoms with van der Waals surface area (Å²) in [5.74, 6) is 0.0619. The second-order valence-corrected chi connectivity index (χ2v) is 6.77. The van der Waals surface area contributed by atoms with Gasteiger partial charge in [0.1, 0.15) is 5.60 Å². The van der Waals surface area contributed by atoms with Gasteiger partial charge in [-0.3, -0.25) is 9.48 Å². The molecule has 8 nitrogen and oxygen atoms in total. The molecule has 2 heterocycles. The van der Waals surface area contributed by atoms with E-state index in [4.69, 9.17) is 4.74 Å². The maximum Gasteiger partial charge on any atom is 0.410 e. The molecular formula is C15H25N5O3.